The van der Waals surface area contributed by atoms with Crippen molar-refractivity contribution in [2.45, 2.75) is 56.6 Å². The predicted molar refractivity (Wildman–Crippen MR) is 90.7 cm³/mol. The highest BCUT2D eigenvalue weighted by molar-refractivity contribution is 5.78. The maximum Gasteiger partial charge on any atom is 0.237 e. The Balaban J connectivity index is 1.36. The summed E-state index contributed by atoms with van der Waals surface area (Å²) in [5.74, 6) is 0.765. The van der Waals surface area contributed by atoms with E-state index in [4.69, 9.17) is 4.74 Å². The average molecular weight is 332 g/mol. The molecule has 0 radical (unpaired) electrons. The van der Waals surface area contributed by atoms with Crippen LogP contribution in [-0.2, 0) is 9.53 Å². The Labute approximate surface area is 143 Å². The van der Waals surface area contributed by atoms with Crippen molar-refractivity contribution in [3.63, 3.8) is 0 Å². The summed E-state index contributed by atoms with van der Waals surface area (Å²) in [5.41, 5.74) is 1.20. The molecule has 4 rings (SSSR count). The van der Waals surface area contributed by atoms with Crippen LogP contribution in [0.25, 0.3) is 0 Å². The predicted octanol–water partition coefficient (Wildman–Crippen LogP) is 1.76. The molecule has 0 aromatic carbocycles. The van der Waals surface area contributed by atoms with Crippen LogP contribution in [0.4, 0.5) is 0 Å². The number of carbonyl (C=O) groups is 1. The van der Waals surface area contributed by atoms with Crippen molar-refractivity contribution in [3.05, 3.63) is 18.0 Å². The molecule has 0 bridgehead atoms. The third-order valence-electron chi connectivity index (χ3n) is 5.88. The lowest BCUT2D eigenvalue weighted by Gasteiger charge is -2.44. The molecule has 3 aliphatic rings. The van der Waals surface area contributed by atoms with Gasteiger partial charge in [-0.3, -0.25) is 14.8 Å². The number of fused-ring (bicyclic) bond motifs is 1. The van der Waals surface area contributed by atoms with E-state index in [1.807, 2.05) is 6.20 Å². The number of piperidine rings is 1. The molecule has 1 N–H and O–H groups in total. The second-order valence-corrected chi connectivity index (χ2v) is 7.43. The molecule has 0 spiro atoms. The number of aromatic nitrogens is 2. The molecule has 3 atom stereocenters. The van der Waals surface area contributed by atoms with E-state index in [1.165, 1.54) is 25.0 Å². The standard InChI is InChI=1S/C18H28N4O2/c23-18(22-10-11-24-17-6-2-1-5-16(17)22)13-21-9-3-4-14(12-21)15-7-8-19-20-15/h7-8,14,16-17H,1-6,9-13H2,(H,19,20)/t14-,16-,17+/m0/s1. The molecule has 132 valence electrons. The van der Waals surface area contributed by atoms with Gasteiger partial charge in [-0.05, 0) is 38.3 Å². The van der Waals surface area contributed by atoms with Gasteiger partial charge in [0.15, 0.2) is 0 Å². The summed E-state index contributed by atoms with van der Waals surface area (Å²) in [6, 6.07) is 2.37. The van der Waals surface area contributed by atoms with Crippen LogP contribution in [0.1, 0.15) is 50.1 Å². The maximum absolute atomic E-state index is 12.9. The summed E-state index contributed by atoms with van der Waals surface area (Å²) in [4.78, 5) is 17.4. The summed E-state index contributed by atoms with van der Waals surface area (Å²) >= 11 is 0. The highest BCUT2D eigenvalue weighted by Crippen LogP contribution is 2.29. The zero-order valence-electron chi connectivity index (χ0n) is 14.3. The fourth-order valence-corrected chi connectivity index (χ4v) is 4.64. The van der Waals surface area contributed by atoms with E-state index in [0.717, 1.165) is 38.9 Å². The monoisotopic (exact) mass is 332 g/mol. The number of hydrogen-bond donors (Lipinski definition) is 1. The Morgan fingerprint density at radius 3 is 3.04 bits per heavy atom. The van der Waals surface area contributed by atoms with Crippen molar-refractivity contribution in [2.75, 3.05) is 32.8 Å². The summed E-state index contributed by atoms with van der Waals surface area (Å²) in [5, 5.41) is 7.16. The quantitative estimate of drug-likeness (QED) is 0.916. The second-order valence-electron chi connectivity index (χ2n) is 7.43. The lowest BCUT2D eigenvalue weighted by Crippen LogP contribution is -2.57. The Morgan fingerprint density at radius 2 is 2.17 bits per heavy atom. The number of H-pyrrole nitrogens is 1. The first kappa shape index (κ1) is 16.1. The number of nitrogens with one attached hydrogen (secondary N) is 1. The van der Waals surface area contributed by atoms with Crippen molar-refractivity contribution in [1.29, 1.82) is 0 Å². The van der Waals surface area contributed by atoms with Crippen molar-refractivity contribution >= 4 is 5.91 Å². The summed E-state index contributed by atoms with van der Waals surface area (Å²) in [7, 11) is 0. The van der Waals surface area contributed by atoms with Crippen LogP contribution in [0.3, 0.4) is 0 Å². The molecule has 1 amide bonds. The number of rotatable bonds is 3. The zero-order valence-corrected chi connectivity index (χ0v) is 14.3. The molecule has 2 aliphatic heterocycles. The lowest BCUT2D eigenvalue weighted by atomic mass is 9.90. The molecule has 0 unspecified atom stereocenters. The molecule has 1 saturated carbocycles. The summed E-state index contributed by atoms with van der Waals surface area (Å²) in [6.45, 7) is 3.98. The first-order chi connectivity index (χ1) is 11.8. The summed E-state index contributed by atoms with van der Waals surface area (Å²) < 4.78 is 5.90. The molecule has 6 heteroatoms. The molecule has 2 saturated heterocycles. The number of ether oxygens (including phenoxy) is 1. The highest BCUT2D eigenvalue weighted by atomic mass is 16.5. The molecule has 1 aromatic rings. The average Bonchev–Trinajstić information content (AvgIpc) is 3.16. The Morgan fingerprint density at radius 1 is 1.25 bits per heavy atom. The van der Waals surface area contributed by atoms with Gasteiger partial charge in [-0.2, -0.15) is 5.10 Å². The van der Waals surface area contributed by atoms with Gasteiger partial charge in [-0.15, -0.1) is 0 Å². The number of nitrogens with zero attached hydrogens (tertiary/aromatic N) is 3. The fraction of sp³-hybridized carbons (Fsp3) is 0.778. The number of hydrogen-bond acceptors (Lipinski definition) is 4. The Bertz CT molecular complexity index is 545. The molecular formula is C18H28N4O2. The fourth-order valence-electron chi connectivity index (χ4n) is 4.64. The van der Waals surface area contributed by atoms with Gasteiger partial charge in [-0.25, -0.2) is 0 Å². The van der Waals surface area contributed by atoms with Gasteiger partial charge in [0.2, 0.25) is 5.91 Å². The highest BCUT2D eigenvalue weighted by Gasteiger charge is 2.37. The maximum atomic E-state index is 12.9. The van der Waals surface area contributed by atoms with Crippen LogP contribution in [0.15, 0.2) is 12.3 Å². The summed E-state index contributed by atoms with van der Waals surface area (Å²) in [6.07, 6.45) is 9.09. The third kappa shape index (κ3) is 3.35. The topological polar surface area (TPSA) is 61.5 Å². The largest absolute Gasteiger partial charge is 0.374 e. The number of morpholine rings is 1. The molecule has 6 nitrogen and oxygen atoms in total. The van der Waals surface area contributed by atoms with Gasteiger partial charge >= 0.3 is 0 Å². The van der Waals surface area contributed by atoms with Crippen LogP contribution >= 0.6 is 0 Å². The van der Waals surface area contributed by atoms with E-state index in [9.17, 15) is 4.79 Å². The minimum Gasteiger partial charge on any atom is -0.374 e. The van der Waals surface area contributed by atoms with Gasteiger partial charge in [-0.1, -0.05) is 12.8 Å². The van der Waals surface area contributed by atoms with Crippen LogP contribution < -0.4 is 0 Å². The van der Waals surface area contributed by atoms with E-state index in [-0.39, 0.29) is 6.10 Å². The van der Waals surface area contributed by atoms with Gasteiger partial charge in [0, 0.05) is 30.9 Å². The van der Waals surface area contributed by atoms with E-state index in [1.54, 1.807) is 0 Å². The molecule has 3 fully saturated rings. The molecule has 1 aliphatic carbocycles. The third-order valence-corrected chi connectivity index (χ3v) is 5.88. The van der Waals surface area contributed by atoms with Crippen LogP contribution in [0.2, 0.25) is 0 Å². The van der Waals surface area contributed by atoms with Crippen molar-refractivity contribution < 1.29 is 9.53 Å². The number of carbonyl (C=O) groups excluding carboxylic acids is 1. The lowest BCUT2D eigenvalue weighted by molar-refractivity contribution is -0.150. The van der Waals surface area contributed by atoms with Crippen molar-refractivity contribution in [1.82, 2.24) is 20.0 Å². The van der Waals surface area contributed by atoms with E-state index in [2.05, 4.69) is 26.1 Å². The minimum atomic E-state index is 0.274. The van der Waals surface area contributed by atoms with Gasteiger partial charge < -0.3 is 9.64 Å². The van der Waals surface area contributed by atoms with E-state index >= 15 is 0 Å². The van der Waals surface area contributed by atoms with Crippen molar-refractivity contribution in [3.8, 4) is 0 Å². The van der Waals surface area contributed by atoms with E-state index < -0.39 is 0 Å². The SMILES string of the molecule is O=C(CN1CCC[C@H](c2ccn[nH]2)C1)N1CCO[C@@H]2CCCC[C@@H]21. The molecular weight excluding hydrogens is 304 g/mol. The second kappa shape index (κ2) is 7.23. The molecule has 24 heavy (non-hydrogen) atoms. The number of aromatic amines is 1. The van der Waals surface area contributed by atoms with Gasteiger partial charge in [0.1, 0.15) is 0 Å². The molecule has 1 aromatic heterocycles. The van der Waals surface area contributed by atoms with Crippen LogP contribution in [-0.4, -0.2) is 70.8 Å². The number of likely N-dealkylation sites (tertiary alicyclic amines) is 1. The number of amides is 1. The van der Waals surface area contributed by atoms with Crippen LogP contribution in [0, 0.1) is 0 Å². The Hall–Kier alpha value is -1.40. The Kier molecular flexibility index (Phi) is 4.85. The normalized spacial score (nSPS) is 31.7. The van der Waals surface area contributed by atoms with Crippen molar-refractivity contribution in [2.24, 2.45) is 0 Å². The van der Waals surface area contributed by atoms with E-state index in [0.29, 0.717) is 31.0 Å². The first-order valence-corrected chi connectivity index (χ1v) is 9.44. The zero-order chi connectivity index (χ0) is 16.4. The minimum absolute atomic E-state index is 0.274. The molecule has 3 heterocycles. The smallest absolute Gasteiger partial charge is 0.237 e. The van der Waals surface area contributed by atoms with Gasteiger partial charge in [0.05, 0.1) is 25.3 Å². The first-order valence-electron chi connectivity index (χ1n) is 9.44. The van der Waals surface area contributed by atoms with Gasteiger partial charge in [0.25, 0.3) is 0 Å². The van der Waals surface area contributed by atoms with Crippen LogP contribution in [0.5, 0.6) is 0 Å².